The first-order chi connectivity index (χ1) is 8.40. The standard InChI is InChI=1S/C12H18ClN3O2/c1-7-4-16(5-9(7)12(17)18)6-10-8(2)14-15(3)11(10)13/h7,9H,4-6H2,1-3H3,(H,17,18)/t7-,9-/m1/s1. The van der Waals surface area contributed by atoms with Crippen molar-refractivity contribution in [1.82, 2.24) is 14.7 Å². The Morgan fingerprint density at radius 3 is 2.67 bits per heavy atom. The van der Waals surface area contributed by atoms with Gasteiger partial charge in [0, 0.05) is 32.2 Å². The van der Waals surface area contributed by atoms with Crippen molar-refractivity contribution < 1.29 is 9.90 Å². The van der Waals surface area contributed by atoms with Gasteiger partial charge in [0.05, 0.1) is 11.6 Å². The third-order valence-electron chi connectivity index (χ3n) is 3.66. The fraction of sp³-hybridized carbons (Fsp3) is 0.667. The van der Waals surface area contributed by atoms with Crippen LogP contribution in [0.25, 0.3) is 0 Å². The lowest BCUT2D eigenvalue weighted by molar-refractivity contribution is -0.142. The molecule has 1 aromatic rings. The third kappa shape index (κ3) is 2.37. The maximum atomic E-state index is 11.1. The largest absolute Gasteiger partial charge is 0.481 e. The highest BCUT2D eigenvalue weighted by molar-refractivity contribution is 6.30. The van der Waals surface area contributed by atoms with Gasteiger partial charge in [-0.05, 0) is 12.8 Å². The molecule has 1 aliphatic heterocycles. The number of hydrogen-bond acceptors (Lipinski definition) is 3. The van der Waals surface area contributed by atoms with Crippen LogP contribution in [-0.2, 0) is 18.4 Å². The van der Waals surface area contributed by atoms with E-state index in [2.05, 4.69) is 10.00 Å². The summed E-state index contributed by atoms with van der Waals surface area (Å²) < 4.78 is 1.65. The second-order valence-corrected chi connectivity index (χ2v) is 5.45. The minimum Gasteiger partial charge on any atom is -0.481 e. The first-order valence-electron chi connectivity index (χ1n) is 6.03. The van der Waals surface area contributed by atoms with E-state index in [1.807, 2.05) is 20.9 Å². The van der Waals surface area contributed by atoms with Crippen molar-refractivity contribution in [2.45, 2.75) is 20.4 Å². The van der Waals surface area contributed by atoms with E-state index in [-0.39, 0.29) is 11.8 Å². The number of aromatic nitrogens is 2. The van der Waals surface area contributed by atoms with Crippen molar-refractivity contribution in [2.75, 3.05) is 13.1 Å². The van der Waals surface area contributed by atoms with E-state index < -0.39 is 5.97 Å². The molecule has 0 radical (unpaired) electrons. The average molecular weight is 272 g/mol. The van der Waals surface area contributed by atoms with Crippen LogP contribution >= 0.6 is 11.6 Å². The zero-order valence-corrected chi connectivity index (χ0v) is 11.6. The van der Waals surface area contributed by atoms with E-state index in [4.69, 9.17) is 16.7 Å². The van der Waals surface area contributed by atoms with Crippen molar-refractivity contribution in [3.05, 3.63) is 16.4 Å². The van der Waals surface area contributed by atoms with Crippen molar-refractivity contribution in [2.24, 2.45) is 18.9 Å². The summed E-state index contributed by atoms with van der Waals surface area (Å²) in [7, 11) is 1.81. The summed E-state index contributed by atoms with van der Waals surface area (Å²) in [6.45, 7) is 5.96. The van der Waals surface area contributed by atoms with Gasteiger partial charge in [0.2, 0.25) is 0 Å². The van der Waals surface area contributed by atoms with Crippen LogP contribution in [0.1, 0.15) is 18.2 Å². The number of nitrogens with zero attached hydrogens (tertiary/aromatic N) is 3. The van der Waals surface area contributed by atoms with Gasteiger partial charge in [-0.25, -0.2) is 0 Å². The predicted molar refractivity (Wildman–Crippen MR) is 68.5 cm³/mol. The van der Waals surface area contributed by atoms with Crippen LogP contribution in [0, 0.1) is 18.8 Å². The van der Waals surface area contributed by atoms with Crippen LogP contribution in [0.15, 0.2) is 0 Å². The lowest BCUT2D eigenvalue weighted by Gasteiger charge is -2.14. The number of rotatable bonds is 3. The summed E-state index contributed by atoms with van der Waals surface area (Å²) in [5.41, 5.74) is 1.91. The maximum absolute atomic E-state index is 11.1. The number of aliphatic carboxylic acids is 1. The Balaban J connectivity index is 2.10. The fourth-order valence-corrected chi connectivity index (χ4v) is 2.83. The molecule has 1 saturated heterocycles. The number of carboxylic acids is 1. The molecule has 0 unspecified atom stereocenters. The average Bonchev–Trinajstić information content (AvgIpc) is 2.75. The van der Waals surface area contributed by atoms with E-state index in [9.17, 15) is 4.79 Å². The first-order valence-corrected chi connectivity index (χ1v) is 6.41. The summed E-state index contributed by atoms with van der Waals surface area (Å²) >= 11 is 6.19. The monoisotopic (exact) mass is 271 g/mol. The maximum Gasteiger partial charge on any atom is 0.308 e. The van der Waals surface area contributed by atoms with Crippen LogP contribution in [-0.4, -0.2) is 38.8 Å². The van der Waals surface area contributed by atoms with Crippen LogP contribution in [0.4, 0.5) is 0 Å². The van der Waals surface area contributed by atoms with Gasteiger partial charge in [0.1, 0.15) is 5.15 Å². The van der Waals surface area contributed by atoms with Gasteiger partial charge in [-0.15, -0.1) is 0 Å². The van der Waals surface area contributed by atoms with Crippen LogP contribution in [0.5, 0.6) is 0 Å². The van der Waals surface area contributed by atoms with Gasteiger partial charge in [0.25, 0.3) is 0 Å². The molecule has 1 N–H and O–H groups in total. The molecular weight excluding hydrogens is 254 g/mol. The number of halogens is 1. The molecule has 18 heavy (non-hydrogen) atoms. The molecule has 0 saturated carbocycles. The molecule has 0 aliphatic carbocycles. The van der Waals surface area contributed by atoms with Crippen molar-refractivity contribution in [1.29, 1.82) is 0 Å². The summed E-state index contributed by atoms with van der Waals surface area (Å²) in [6.07, 6.45) is 0. The van der Waals surface area contributed by atoms with Gasteiger partial charge in [0.15, 0.2) is 0 Å². The highest BCUT2D eigenvalue weighted by Gasteiger charge is 2.35. The third-order valence-corrected chi connectivity index (χ3v) is 4.13. The normalized spacial score (nSPS) is 24.7. The lowest BCUT2D eigenvalue weighted by atomic mass is 9.99. The number of carboxylic acid groups (broad SMARTS) is 1. The number of likely N-dealkylation sites (tertiary alicyclic amines) is 1. The molecule has 2 atom stereocenters. The van der Waals surface area contributed by atoms with E-state index >= 15 is 0 Å². The summed E-state index contributed by atoms with van der Waals surface area (Å²) in [5.74, 6) is -0.807. The highest BCUT2D eigenvalue weighted by atomic mass is 35.5. The van der Waals surface area contributed by atoms with Gasteiger partial charge in [-0.2, -0.15) is 5.10 Å². The predicted octanol–water partition coefficient (Wildman–Crippen LogP) is 1.53. The summed E-state index contributed by atoms with van der Waals surface area (Å²) in [4.78, 5) is 13.2. The number of aryl methyl sites for hydroxylation is 2. The summed E-state index contributed by atoms with van der Waals surface area (Å²) in [6, 6.07) is 0. The topological polar surface area (TPSA) is 58.4 Å². The second kappa shape index (κ2) is 4.90. The lowest BCUT2D eigenvalue weighted by Crippen LogP contribution is -2.23. The summed E-state index contributed by atoms with van der Waals surface area (Å²) in [5, 5.41) is 14.0. The minimum atomic E-state index is -0.709. The van der Waals surface area contributed by atoms with Crippen molar-refractivity contribution in [3.8, 4) is 0 Å². The second-order valence-electron chi connectivity index (χ2n) is 5.09. The zero-order chi connectivity index (χ0) is 13.4. The van der Waals surface area contributed by atoms with Crippen LogP contribution in [0.2, 0.25) is 5.15 Å². The molecule has 2 heterocycles. The van der Waals surface area contributed by atoms with Gasteiger partial charge < -0.3 is 5.11 Å². The minimum absolute atomic E-state index is 0.179. The molecule has 0 bridgehead atoms. The Morgan fingerprint density at radius 2 is 2.22 bits per heavy atom. The first kappa shape index (κ1) is 13.4. The molecule has 6 heteroatoms. The SMILES string of the molecule is Cc1nn(C)c(Cl)c1CN1C[C@@H](C)[C@H](C(=O)O)C1. The Bertz CT molecular complexity index is 472. The molecule has 1 aliphatic rings. The molecular formula is C12H18ClN3O2. The number of carbonyl (C=O) groups is 1. The van der Waals surface area contributed by atoms with Crippen LogP contribution < -0.4 is 0 Å². The zero-order valence-electron chi connectivity index (χ0n) is 10.9. The van der Waals surface area contributed by atoms with E-state index in [0.29, 0.717) is 18.2 Å². The Morgan fingerprint density at radius 1 is 1.56 bits per heavy atom. The van der Waals surface area contributed by atoms with E-state index in [1.165, 1.54) is 0 Å². The highest BCUT2D eigenvalue weighted by Crippen LogP contribution is 2.27. The molecule has 0 spiro atoms. The number of hydrogen-bond donors (Lipinski definition) is 1. The Labute approximate surface area is 111 Å². The quantitative estimate of drug-likeness (QED) is 0.906. The van der Waals surface area contributed by atoms with Crippen molar-refractivity contribution in [3.63, 3.8) is 0 Å². The van der Waals surface area contributed by atoms with E-state index in [0.717, 1.165) is 17.8 Å². The van der Waals surface area contributed by atoms with Gasteiger partial charge in [-0.3, -0.25) is 14.4 Å². The van der Waals surface area contributed by atoms with Crippen molar-refractivity contribution >= 4 is 17.6 Å². The smallest absolute Gasteiger partial charge is 0.308 e. The molecule has 100 valence electrons. The van der Waals surface area contributed by atoms with Crippen LogP contribution in [0.3, 0.4) is 0 Å². The molecule has 5 nitrogen and oxygen atoms in total. The molecule has 1 aromatic heterocycles. The molecule has 0 amide bonds. The molecule has 1 fully saturated rings. The fourth-order valence-electron chi connectivity index (χ4n) is 2.59. The Kier molecular flexibility index (Phi) is 3.64. The molecule has 2 rings (SSSR count). The van der Waals surface area contributed by atoms with E-state index in [1.54, 1.807) is 4.68 Å². The molecule has 0 aromatic carbocycles. The van der Waals surface area contributed by atoms with Gasteiger partial charge in [-0.1, -0.05) is 18.5 Å². The Hall–Kier alpha value is -1.07. The van der Waals surface area contributed by atoms with Gasteiger partial charge >= 0.3 is 5.97 Å².